The van der Waals surface area contributed by atoms with Crippen LogP contribution in [0, 0.1) is 0 Å². The highest BCUT2D eigenvalue weighted by Gasteiger charge is 2.38. The number of methoxy groups -OCH3 is 1. The van der Waals surface area contributed by atoms with Gasteiger partial charge in [0.05, 0.1) is 12.7 Å². The molecule has 0 bridgehead atoms. The quantitative estimate of drug-likeness (QED) is 0.674. The van der Waals surface area contributed by atoms with E-state index in [-0.39, 0.29) is 5.54 Å². The molecule has 1 unspecified atom stereocenters. The lowest BCUT2D eigenvalue weighted by Crippen LogP contribution is -2.57. The van der Waals surface area contributed by atoms with Crippen molar-refractivity contribution in [1.82, 2.24) is 4.90 Å². The number of likely N-dealkylation sites (N-methyl/N-ethyl adjacent to an activating group) is 1. The maximum absolute atomic E-state index is 10.2. The second-order valence-corrected chi connectivity index (χ2v) is 3.95. The Morgan fingerprint density at radius 2 is 1.60 bits per heavy atom. The summed E-state index contributed by atoms with van der Waals surface area (Å²) in [7, 11) is 1.64. The van der Waals surface area contributed by atoms with Crippen LogP contribution >= 0.6 is 0 Å². The van der Waals surface area contributed by atoms with Gasteiger partial charge in [-0.3, -0.25) is 4.90 Å². The number of hydrogen-bond acceptors (Lipinski definition) is 3. The van der Waals surface area contributed by atoms with Gasteiger partial charge in [-0.2, -0.15) is 0 Å². The second kappa shape index (κ2) is 7.20. The minimum atomic E-state index is -0.405. The molecule has 1 atom stereocenters. The van der Waals surface area contributed by atoms with E-state index in [9.17, 15) is 5.11 Å². The molecular weight excluding hydrogens is 190 g/mol. The zero-order valence-corrected chi connectivity index (χ0v) is 10.9. The first-order chi connectivity index (χ1) is 7.12. The Bertz CT molecular complexity index is 154. The van der Waals surface area contributed by atoms with Crippen LogP contribution in [0.3, 0.4) is 0 Å². The van der Waals surface area contributed by atoms with Crippen molar-refractivity contribution >= 4 is 0 Å². The third-order valence-corrected chi connectivity index (χ3v) is 3.56. The van der Waals surface area contributed by atoms with E-state index >= 15 is 0 Å². The lowest BCUT2D eigenvalue weighted by atomic mass is 9.84. The monoisotopic (exact) mass is 217 g/mol. The van der Waals surface area contributed by atoms with Crippen LogP contribution in [-0.4, -0.2) is 48.5 Å². The first-order valence-corrected chi connectivity index (χ1v) is 6.04. The van der Waals surface area contributed by atoms with Gasteiger partial charge in [0.15, 0.2) is 0 Å². The molecule has 15 heavy (non-hydrogen) atoms. The molecule has 1 N–H and O–H groups in total. The molecule has 0 aromatic heterocycles. The molecule has 3 nitrogen and oxygen atoms in total. The Morgan fingerprint density at radius 1 is 1.13 bits per heavy atom. The smallest absolute Gasteiger partial charge is 0.0956 e. The molecule has 0 aliphatic carbocycles. The molecule has 3 heteroatoms. The molecule has 0 fully saturated rings. The standard InChI is InChI=1S/C12H27NO2/c1-6-12(7-2,11(14)10-15-5)13(8-3)9-4/h11,14H,6-10H2,1-5H3. The van der Waals surface area contributed by atoms with Crippen LogP contribution in [0.5, 0.6) is 0 Å². The normalized spacial score (nSPS) is 14.6. The largest absolute Gasteiger partial charge is 0.389 e. The van der Waals surface area contributed by atoms with Crippen LogP contribution in [0.4, 0.5) is 0 Å². The molecule has 0 aromatic rings. The molecule has 0 aliphatic heterocycles. The summed E-state index contributed by atoms with van der Waals surface area (Å²) in [4.78, 5) is 2.34. The average molecular weight is 217 g/mol. The molecule has 0 amide bonds. The van der Waals surface area contributed by atoms with Crippen LogP contribution in [0.2, 0.25) is 0 Å². The van der Waals surface area contributed by atoms with Crippen molar-refractivity contribution in [2.24, 2.45) is 0 Å². The van der Waals surface area contributed by atoms with Crippen molar-refractivity contribution in [3.8, 4) is 0 Å². The van der Waals surface area contributed by atoms with Crippen molar-refractivity contribution in [3.63, 3.8) is 0 Å². The van der Waals surface area contributed by atoms with Gasteiger partial charge in [-0.1, -0.05) is 27.7 Å². The van der Waals surface area contributed by atoms with Crippen molar-refractivity contribution in [1.29, 1.82) is 0 Å². The van der Waals surface area contributed by atoms with Gasteiger partial charge in [0.25, 0.3) is 0 Å². The van der Waals surface area contributed by atoms with Crippen LogP contribution in [0.1, 0.15) is 40.5 Å². The van der Waals surface area contributed by atoms with E-state index in [1.54, 1.807) is 7.11 Å². The van der Waals surface area contributed by atoms with Gasteiger partial charge in [-0.25, -0.2) is 0 Å². The van der Waals surface area contributed by atoms with Crippen LogP contribution in [0.25, 0.3) is 0 Å². The first-order valence-electron chi connectivity index (χ1n) is 6.04. The van der Waals surface area contributed by atoms with E-state index < -0.39 is 6.10 Å². The summed E-state index contributed by atoms with van der Waals surface area (Å²) in [6.45, 7) is 10.9. The Hall–Kier alpha value is -0.120. The van der Waals surface area contributed by atoms with Gasteiger partial charge in [0.1, 0.15) is 0 Å². The summed E-state index contributed by atoms with van der Waals surface area (Å²) >= 11 is 0. The fourth-order valence-corrected chi connectivity index (χ4v) is 2.55. The van der Waals surface area contributed by atoms with Gasteiger partial charge >= 0.3 is 0 Å². The molecule has 92 valence electrons. The highest BCUT2D eigenvalue weighted by molar-refractivity contribution is 4.94. The van der Waals surface area contributed by atoms with Crippen molar-refractivity contribution < 1.29 is 9.84 Å². The molecule has 0 saturated heterocycles. The number of rotatable bonds is 8. The molecule has 0 aliphatic rings. The summed E-state index contributed by atoms with van der Waals surface area (Å²) in [6, 6.07) is 0. The maximum Gasteiger partial charge on any atom is 0.0956 e. The predicted octanol–water partition coefficient (Wildman–Crippen LogP) is 1.89. The van der Waals surface area contributed by atoms with Crippen molar-refractivity contribution in [2.45, 2.75) is 52.2 Å². The van der Waals surface area contributed by atoms with Crippen LogP contribution in [0.15, 0.2) is 0 Å². The van der Waals surface area contributed by atoms with Gasteiger partial charge < -0.3 is 9.84 Å². The van der Waals surface area contributed by atoms with Gasteiger partial charge in [0, 0.05) is 12.6 Å². The van der Waals surface area contributed by atoms with E-state index in [4.69, 9.17) is 4.74 Å². The van der Waals surface area contributed by atoms with E-state index in [0.717, 1.165) is 25.9 Å². The van der Waals surface area contributed by atoms with E-state index in [0.29, 0.717) is 6.61 Å². The van der Waals surface area contributed by atoms with E-state index in [2.05, 4.69) is 32.6 Å². The molecule has 0 heterocycles. The second-order valence-electron chi connectivity index (χ2n) is 3.95. The summed E-state index contributed by atoms with van der Waals surface area (Å²) in [5.41, 5.74) is -0.125. The average Bonchev–Trinajstić information content (AvgIpc) is 2.26. The number of ether oxygens (including phenoxy) is 1. The number of hydrogen-bond donors (Lipinski definition) is 1. The lowest BCUT2D eigenvalue weighted by Gasteiger charge is -2.45. The fourth-order valence-electron chi connectivity index (χ4n) is 2.55. The Labute approximate surface area is 94.4 Å². The van der Waals surface area contributed by atoms with Crippen LogP contribution < -0.4 is 0 Å². The van der Waals surface area contributed by atoms with Gasteiger partial charge in [-0.05, 0) is 25.9 Å². The molecule has 0 radical (unpaired) electrons. The Balaban J connectivity index is 4.83. The summed E-state index contributed by atoms with van der Waals surface area (Å²) in [6.07, 6.45) is 1.50. The fraction of sp³-hybridized carbons (Fsp3) is 1.00. The van der Waals surface area contributed by atoms with Gasteiger partial charge in [0.2, 0.25) is 0 Å². The number of aliphatic hydroxyl groups excluding tert-OH is 1. The van der Waals surface area contributed by atoms with Crippen molar-refractivity contribution in [2.75, 3.05) is 26.8 Å². The third-order valence-electron chi connectivity index (χ3n) is 3.56. The number of nitrogens with zero attached hydrogens (tertiary/aromatic N) is 1. The predicted molar refractivity (Wildman–Crippen MR) is 64.1 cm³/mol. The topological polar surface area (TPSA) is 32.7 Å². The minimum absolute atomic E-state index is 0.125. The number of aliphatic hydroxyl groups is 1. The molecule has 0 aromatic carbocycles. The first kappa shape index (κ1) is 14.9. The highest BCUT2D eigenvalue weighted by atomic mass is 16.5. The highest BCUT2D eigenvalue weighted by Crippen LogP contribution is 2.28. The molecule has 0 rings (SSSR count). The zero-order valence-electron chi connectivity index (χ0n) is 10.9. The molecular formula is C12H27NO2. The molecule has 0 saturated carbocycles. The summed E-state index contributed by atoms with van der Waals surface area (Å²) < 4.78 is 5.08. The maximum atomic E-state index is 10.2. The van der Waals surface area contributed by atoms with Crippen LogP contribution in [-0.2, 0) is 4.74 Å². The summed E-state index contributed by atoms with van der Waals surface area (Å²) in [5.74, 6) is 0. The molecule has 0 spiro atoms. The lowest BCUT2D eigenvalue weighted by molar-refractivity contribution is -0.0670. The summed E-state index contributed by atoms with van der Waals surface area (Å²) in [5, 5.41) is 10.2. The van der Waals surface area contributed by atoms with E-state index in [1.807, 2.05) is 0 Å². The van der Waals surface area contributed by atoms with Gasteiger partial charge in [-0.15, -0.1) is 0 Å². The zero-order chi connectivity index (χ0) is 11.9. The third kappa shape index (κ3) is 3.16. The Kier molecular flexibility index (Phi) is 7.14. The van der Waals surface area contributed by atoms with Crippen molar-refractivity contribution in [3.05, 3.63) is 0 Å². The van der Waals surface area contributed by atoms with E-state index in [1.165, 1.54) is 0 Å². The SMILES string of the molecule is CCN(CC)C(CC)(CC)C(O)COC. The minimum Gasteiger partial charge on any atom is -0.389 e. The Morgan fingerprint density at radius 3 is 1.87 bits per heavy atom.